The van der Waals surface area contributed by atoms with Crippen molar-refractivity contribution in [1.82, 2.24) is 4.90 Å². The molecule has 0 aromatic heterocycles. The number of likely N-dealkylation sites (N-methyl/N-ethyl adjacent to an activating group) is 1. The largest absolute Gasteiger partial charge is 0.480 e. The summed E-state index contributed by atoms with van der Waals surface area (Å²) in [5.74, 6) is -0.912. The average Bonchev–Trinajstić information content (AvgIpc) is 2.26. The maximum atomic E-state index is 11.7. The second-order valence-corrected chi connectivity index (χ2v) is 4.25. The first kappa shape index (κ1) is 13.7. The lowest BCUT2D eigenvalue weighted by Gasteiger charge is -2.12. The van der Waals surface area contributed by atoms with E-state index in [-0.39, 0.29) is 12.3 Å². The summed E-state index contributed by atoms with van der Waals surface area (Å²) in [6.45, 7) is 0.363. The van der Waals surface area contributed by atoms with Gasteiger partial charge in [-0.15, -0.1) is 0 Å². The number of aliphatic carboxylic acids is 1. The summed E-state index contributed by atoms with van der Waals surface area (Å²) in [5, 5.41) is 9.14. The molecule has 1 N–H and O–H groups in total. The summed E-state index contributed by atoms with van der Waals surface area (Å²) >= 11 is 5.72. The van der Waals surface area contributed by atoms with Gasteiger partial charge in [-0.05, 0) is 31.3 Å². The van der Waals surface area contributed by atoms with Gasteiger partial charge in [0, 0.05) is 23.6 Å². The molecule has 0 unspecified atom stereocenters. The SMILES string of the molecule is CN(CCC(=O)c1ccc(Cl)cc1)CC(=O)O. The van der Waals surface area contributed by atoms with Crippen LogP contribution in [0.3, 0.4) is 0 Å². The van der Waals surface area contributed by atoms with Gasteiger partial charge in [-0.25, -0.2) is 0 Å². The van der Waals surface area contributed by atoms with Crippen LogP contribution in [-0.4, -0.2) is 41.9 Å². The normalized spacial score (nSPS) is 10.5. The van der Waals surface area contributed by atoms with Crippen molar-refractivity contribution in [2.45, 2.75) is 6.42 Å². The number of hydrogen-bond donors (Lipinski definition) is 1. The van der Waals surface area contributed by atoms with E-state index in [1.54, 1.807) is 36.2 Å². The predicted octanol–water partition coefficient (Wildman–Crippen LogP) is 1.93. The second-order valence-electron chi connectivity index (χ2n) is 3.81. The monoisotopic (exact) mass is 255 g/mol. The molecule has 17 heavy (non-hydrogen) atoms. The number of carboxylic acids is 1. The Balaban J connectivity index is 2.44. The zero-order chi connectivity index (χ0) is 12.8. The van der Waals surface area contributed by atoms with E-state index in [1.807, 2.05) is 0 Å². The molecule has 0 atom stereocenters. The fourth-order valence-electron chi connectivity index (χ4n) is 1.38. The minimum atomic E-state index is -0.897. The first-order valence-corrected chi connectivity index (χ1v) is 5.56. The lowest BCUT2D eigenvalue weighted by Crippen LogP contribution is -2.27. The van der Waals surface area contributed by atoms with Gasteiger partial charge in [-0.3, -0.25) is 14.5 Å². The molecule has 92 valence electrons. The van der Waals surface area contributed by atoms with Gasteiger partial charge in [0.25, 0.3) is 0 Å². The molecule has 0 aliphatic heterocycles. The summed E-state index contributed by atoms with van der Waals surface area (Å²) < 4.78 is 0. The van der Waals surface area contributed by atoms with Crippen LogP contribution < -0.4 is 0 Å². The number of carboxylic acid groups (broad SMARTS) is 1. The molecule has 1 rings (SSSR count). The van der Waals surface area contributed by atoms with Crippen molar-refractivity contribution in [1.29, 1.82) is 0 Å². The fourth-order valence-corrected chi connectivity index (χ4v) is 1.51. The topological polar surface area (TPSA) is 57.6 Å². The molecule has 0 amide bonds. The standard InChI is InChI=1S/C12H14ClNO3/c1-14(8-12(16)17)7-6-11(15)9-2-4-10(13)5-3-9/h2-5H,6-8H2,1H3,(H,16,17). The van der Waals surface area contributed by atoms with Crippen molar-refractivity contribution in [3.63, 3.8) is 0 Å². The summed E-state index contributed by atoms with van der Waals surface area (Å²) in [6.07, 6.45) is 0.297. The molecule has 0 saturated carbocycles. The lowest BCUT2D eigenvalue weighted by atomic mass is 10.1. The minimum absolute atomic E-state index is 0.0149. The van der Waals surface area contributed by atoms with Crippen LogP contribution in [0.15, 0.2) is 24.3 Å². The van der Waals surface area contributed by atoms with Crippen molar-refractivity contribution in [3.8, 4) is 0 Å². The predicted molar refractivity (Wildman–Crippen MR) is 65.5 cm³/mol. The Morgan fingerprint density at radius 1 is 1.29 bits per heavy atom. The summed E-state index contributed by atoms with van der Waals surface area (Å²) in [6, 6.07) is 6.66. The van der Waals surface area contributed by atoms with Crippen molar-refractivity contribution in [2.75, 3.05) is 20.1 Å². The molecule has 0 aliphatic carbocycles. The number of rotatable bonds is 6. The van der Waals surface area contributed by atoms with Crippen LogP contribution in [0.5, 0.6) is 0 Å². The van der Waals surface area contributed by atoms with Gasteiger partial charge in [-0.2, -0.15) is 0 Å². The summed E-state index contributed by atoms with van der Waals surface area (Å²) in [4.78, 5) is 23.7. The van der Waals surface area contributed by atoms with Crippen LogP contribution in [0.25, 0.3) is 0 Å². The van der Waals surface area contributed by atoms with Crippen LogP contribution in [-0.2, 0) is 4.79 Å². The fraction of sp³-hybridized carbons (Fsp3) is 0.333. The molecule has 0 saturated heterocycles. The number of benzene rings is 1. The number of halogens is 1. The van der Waals surface area contributed by atoms with Crippen molar-refractivity contribution in [3.05, 3.63) is 34.9 Å². The third-order valence-electron chi connectivity index (χ3n) is 2.29. The number of hydrogen-bond acceptors (Lipinski definition) is 3. The molecule has 0 radical (unpaired) electrons. The van der Waals surface area contributed by atoms with E-state index in [2.05, 4.69) is 0 Å². The van der Waals surface area contributed by atoms with Crippen molar-refractivity contribution >= 4 is 23.4 Å². The Bertz CT molecular complexity index is 403. The Morgan fingerprint density at radius 3 is 2.41 bits per heavy atom. The van der Waals surface area contributed by atoms with E-state index in [0.29, 0.717) is 23.6 Å². The number of carbonyl (C=O) groups is 2. The molecule has 1 aromatic rings. The van der Waals surface area contributed by atoms with Crippen LogP contribution in [0.1, 0.15) is 16.8 Å². The van der Waals surface area contributed by atoms with Gasteiger partial charge in [0.2, 0.25) is 0 Å². The van der Waals surface area contributed by atoms with Crippen LogP contribution in [0.4, 0.5) is 0 Å². The summed E-state index contributed by atoms with van der Waals surface area (Å²) in [5.41, 5.74) is 0.595. The Hall–Kier alpha value is -1.39. The second kappa shape index (κ2) is 6.37. The molecule has 0 heterocycles. The highest BCUT2D eigenvalue weighted by atomic mass is 35.5. The maximum absolute atomic E-state index is 11.7. The van der Waals surface area contributed by atoms with Gasteiger partial charge in [0.05, 0.1) is 6.54 Å². The first-order valence-electron chi connectivity index (χ1n) is 5.18. The van der Waals surface area contributed by atoms with Crippen LogP contribution >= 0.6 is 11.6 Å². The van der Waals surface area contributed by atoms with Gasteiger partial charge in [0.15, 0.2) is 5.78 Å². The Morgan fingerprint density at radius 2 is 1.88 bits per heavy atom. The molecule has 5 heteroatoms. The molecule has 0 aliphatic rings. The quantitative estimate of drug-likeness (QED) is 0.789. The highest BCUT2D eigenvalue weighted by Crippen LogP contribution is 2.11. The van der Waals surface area contributed by atoms with Crippen molar-refractivity contribution < 1.29 is 14.7 Å². The Labute approximate surface area is 105 Å². The molecule has 0 bridgehead atoms. The highest BCUT2D eigenvalue weighted by molar-refractivity contribution is 6.30. The van der Waals surface area contributed by atoms with Crippen LogP contribution in [0.2, 0.25) is 5.02 Å². The lowest BCUT2D eigenvalue weighted by molar-refractivity contribution is -0.137. The number of ketones is 1. The van der Waals surface area contributed by atoms with Crippen molar-refractivity contribution in [2.24, 2.45) is 0 Å². The number of carbonyl (C=O) groups excluding carboxylic acids is 1. The maximum Gasteiger partial charge on any atom is 0.317 e. The van der Waals surface area contributed by atoms with E-state index in [9.17, 15) is 9.59 Å². The zero-order valence-corrected chi connectivity index (χ0v) is 10.3. The average molecular weight is 256 g/mol. The van der Waals surface area contributed by atoms with Crippen LogP contribution in [0, 0.1) is 0 Å². The van der Waals surface area contributed by atoms with Gasteiger partial charge >= 0.3 is 5.97 Å². The highest BCUT2D eigenvalue weighted by Gasteiger charge is 2.09. The third-order valence-corrected chi connectivity index (χ3v) is 2.54. The molecule has 1 aromatic carbocycles. The molecule has 0 fully saturated rings. The van der Waals surface area contributed by atoms with E-state index in [4.69, 9.17) is 16.7 Å². The van der Waals surface area contributed by atoms with Gasteiger partial charge in [-0.1, -0.05) is 11.6 Å². The zero-order valence-electron chi connectivity index (χ0n) is 9.52. The molecule has 0 spiro atoms. The molecule has 4 nitrogen and oxygen atoms in total. The van der Waals surface area contributed by atoms with E-state index >= 15 is 0 Å². The summed E-state index contributed by atoms with van der Waals surface area (Å²) in [7, 11) is 1.67. The van der Waals surface area contributed by atoms with Gasteiger partial charge < -0.3 is 5.11 Å². The smallest absolute Gasteiger partial charge is 0.317 e. The molecular formula is C12H14ClNO3. The minimum Gasteiger partial charge on any atom is -0.480 e. The first-order chi connectivity index (χ1) is 7.99. The van der Waals surface area contributed by atoms with E-state index in [1.165, 1.54) is 0 Å². The van der Waals surface area contributed by atoms with E-state index in [0.717, 1.165) is 0 Å². The third kappa shape index (κ3) is 4.97. The number of Topliss-reactive ketones (excluding diaryl/α,β-unsaturated/α-hetero) is 1. The number of nitrogens with zero attached hydrogens (tertiary/aromatic N) is 1. The Kier molecular flexibility index (Phi) is 5.12. The van der Waals surface area contributed by atoms with E-state index < -0.39 is 5.97 Å². The molecular weight excluding hydrogens is 242 g/mol. The van der Waals surface area contributed by atoms with Gasteiger partial charge in [0.1, 0.15) is 0 Å².